The van der Waals surface area contributed by atoms with Gasteiger partial charge in [0.15, 0.2) is 11.4 Å². The molecule has 1 aliphatic rings. The second-order valence-corrected chi connectivity index (χ2v) is 10.5. The number of fused-ring (bicyclic) bond motifs is 1. The second kappa shape index (κ2) is 11.8. The van der Waals surface area contributed by atoms with Crippen LogP contribution in [0, 0.1) is 12.7 Å². The number of aromatic nitrogens is 2. The third kappa shape index (κ3) is 5.80. The summed E-state index contributed by atoms with van der Waals surface area (Å²) in [6.45, 7) is 5.38. The molecule has 7 heteroatoms. The van der Waals surface area contributed by atoms with Crippen LogP contribution in [0.3, 0.4) is 0 Å². The number of halogens is 1. The number of imidazole rings is 1. The molecule has 1 aliphatic heterocycles. The number of carbonyl (C=O) groups is 1. The van der Waals surface area contributed by atoms with Crippen molar-refractivity contribution < 1.29 is 13.9 Å². The maximum absolute atomic E-state index is 14.4. The van der Waals surface area contributed by atoms with Gasteiger partial charge in [-0.3, -0.25) is 4.79 Å². The van der Waals surface area contributed by atoms with Gasteiger partial charge in [0.25, 0.3) is 0 Å². The van der Waals surface area contributed by atoms with E-state index in [-0.39, 0.29) is 24.1 Å². The summed E-state index contributed by atoms with van der Waals surface area (Å²) in [7, 11) is 0. The number of amides is 1. The van der Waals surface area contributed by atoms with Gasteiger partial charge >= 0.3 is 0 Å². The molecule has 0 saturated carbocycles. The highest BCUT2D eigenvalue weighted by molar-refractivity contribution is 5.78. The first kappa shape index (κ1) is 26.6. The van der Waals surface area contributed by atoms with Crippen molar-refractivity contribution in [3.05, 3.63) is 132 Å². The van der Waals surface area contributed by atoms with Crippen molar-refractivity contribution in [1.82, 2.24) is 14.3 Å². The molecule has 0 radical (unpaired) electrons. The molecule has 0 unspecified atom stereocenters. The highest BCUT2D eigenvalue weighted by Gasteiger charge is 2.28. The van der Waals surface area contributed by atoms with Crippen LogP contribution in [0.2, 0.25) is 0 Å². The number of anilines is 1. The van der Waals surface area contributed by atoms with Gasteiger partial charge < -0.3 is 18.9 Å². The van der Waals surface area contributed by atoms with Crippen LogP contribution in [0.5, 0.6) is 5.75 Å². The highest BCUT2D eigenvalue weighted by atomic mass is 19.1. The van der Waals surface area contributed by atoms with E-state index in [9.17, 15) is 9.18 Å². The van der Waals surface area contributed by atoms with Crippen LogP contribution in [0.4, 0.5) is 10.1 Å². The van der Waals surface area contributed by atoms with E-state index in [1.807, 2.05) is 70.1 Å². The lowest BCUT2D eigenvalue weighted by Gasteiger charge is -2.37. The third-order valence-corrected chi connectivity index (χ3v) is 7.84. The number of nitrogens with zero attached hydrogens (tertiary/aromatic N) is 4. The Morgan fingerprint density at radius 2 is 1.71 bits per heavy atom. The number of benzene rings is 3. The first-order valence-electron chi connectivity index (χ1n) is 14.0. The highest BCUT2D eigenvalue weighted by Crippen LogP contribution is 2.32. The molecule has 3 aromatic carbocycles. The van der Waals surface area contributed by atoms with E-state index in [0.717, 1.165) is 29.9 Å². The average Bonchev–Trinajstić information content (AvgIpc) is 3.44. The Kier molecular flexibility index (Phi) is 7.67. The molecular formula is C34H33FN4O2. The standard InChI is InChI=1S/C34H33FN4O2/c1-25-9-5-6-14-30(25)37-17-19-38(20-18-37)33(40)22-29(27-12-7-13-28(35)21-27)31-23-36-34-32(15-8-16-39(31)34)41-24-26-10-3-2-4-11-26/h2-16,21,23,29H,17-20,22,24H2,1H3/t29-/m1/s1. The predicted octanol–water partition coefficient (Wildman–Crippen LogP) is 6.23. The molecule has 0 bridgehead atoms. The van der Waals surface area contributed by atoms with E-state index in [1.165, 1.54) is 23.4 Å². The van der Waals surface area contributed by atoms with E-state index in [1.54, 1.807) is 12.3 Å². The molecule has 41 heavy (non-hydrogen) atoms. The fourth-order valence-electron chi connectivity index (χ4n) is 5.65. The maximum atomic E-state index is 14.4. The largest absolute Gasteiger partial charge is 0.485 e. The van der Waals surface area contributed by atoms with E-state index >= 15 is 0 Å². The number of rotatable bonds is 8. The zero-order chi connectivity index (χ0) is 28.2. The summed E-state index contributed by atoms with van der Waals surface area (Å²) in [6, 6.07) is 28.6. The fourth-order valence-corrected chi connectivity index (χ4v) is 5.65. The van der Waals surface area contributed by atoms with Gasteiger partial charge in [0.2, 0.25) is 5.91 Å². The summed E-state index contributed by atoms with van der Waals surface area (Å²) in [5, 5.41) is 0. The van der Waals surface area contributed by atoms with E-state index in [2.05, 4.69) is 35.0 Å². The number of piperazine rings is 1. The van der Waals surface area contributed by atoms with Gasteiger partial charge in [0.05, 0.1) is 5.69 Å². The van der Waals surface area contributed by atoms with Crippen molar-refractivity contribution in [2.24, 2.45) is 0 Å². The van der Waals surface area contributed by atoms with Crippen LogP contribution in [0.15, 0.2) is 103 Å². The Hall–Kier alpha value is -4.65. The van der Waals surface area contributed by atoms with E-state index < -0.39 is 0 Å². The smallest absolute Gasteiger partial charge is 0.223 e. The van der Waals surface area contributed by atoms with Crippen LogP contribution in [0.1, 0.15) is 34.7 Å². The second-order valence-electron chi connectivity index (χ2n) is 10.5. The van der Waals surface area contributed by atoms with Crippen molar-refractivity contribution in [2.75, 3.05) is 31.1 Å². The van der Waals surface area contributed by atoms with E-state index in [4.69, 9.17) is 4.74 Å². The topological polar surface area (TPSA) is 50.1 Å². The first-order valence-corrected chi connectivity index (χ1v) is 14.0. The van der Waals surface area contributed by atoms with Gasteiger partial charge in [0.1, 0.15) is 12.4 Å². The van der Waals surface area contributed by atoms with Crippen molar-refractivity contribution in [3.8, 4) is 5.75 Å². The Bertz CT molecular complexity index is 1640. The van der Waals surface area contributed by atoms with E-state index in [0.29, 0.717) is 31.1 Å². The quantitative estimate of drug-likeness (QED) is 0.231. The molecule has 2 aromatic heterocycles. The molecule has 1 amide bonds. The first-order chi connectivity index (χ1) is 20.1. The number of hydrogen-bond acceptors (Lipinski definition) is 4. The van der Waals surface area contributed by atoms with Gasteiger partial charge in [-0.1, -0.05) is 60.7 Å². The number of ether oxygens (including phenoxy) is 1. The molecule has 5 aromatic rings. The summed E-state index contributed by atoms with van der Waals surface area (Å²) in [5.41, 5.74) is 5.74. The van der Waals surface area contributed by atoms with Crippen molar-refractivity contribution in [2.45, 2.75) is 25.9 Å². The minimum absolute atomic E-state index is 0.0510. The summed E-state index contributed by atoms with van der Waals surface area (Å²) >= 11 is 0. The lowest BCUT2D eigenvalue weighted by molar-refractivity contribution is -0.131. The van der Waals surface area contributed by atoms with Gasteiger partial charge in [-0.05, 0) is 53.9 Å². The average molecular weight is 549 g/mol. The molecule has 1 atom stereocenters. The van der Waals surface area contributed by atoms with Crippen LogP contribution in [-0.2, 0) is 11.4 Å². The number of hydrogen-bond donors (Lipinski definition) is 0. The Balaban J connectivity index is 1.24. The summed E-state index contributed by atoms with van der Waals surface area (Å²) in [6.07, 6.45) is 3.92. The minimum atomic E-state index is -0.369. The Labute approximate surface area is 239 Å². The molecule has 1 fully saturated rings. The van der Waals surface area contributed by atoms with Crippen LogP contribution in [-0.4, -0.2) is 46.4 Å². The van der Waals surface area contributed by atoms with Crippen LogP contribution >= 0.6 is 0 Å². The molecule has 1 saturated heterocycles. The number of carbonyl (C=O) groups excluding carboxylic acids is 1. The zero-order valence-electron chi connectivity index (χ0n) is 23.1. The molecule has 6 rings (SSSR count). The Morgan fingerprint density at radius 1 is 0.927 bits per heavy atom. The lowest BCUT2D eigenvalue weighted by Crippen LogP contribution is -2.49. The van der Waals surface area contributed by atoms with Gasteiger partial charge in [-0.15, -0.1) is 0 Å². The normalized spacial score (nSPS) is 14.3. The fraction of sp³-hybridized carbons (Fsp3) is 0.235. The summed E-state index contributed by atoms with van der Waals surface area (Å²) < 4.78 is 22.5. The van der Waals surface area contributed by atoms with Crippen LogP contribution < -0.4 is 9.64 Å². The van der Waals surface area contributed by atoms with Gasteiger partial charge in [-0.2, -0.15) is 0 Å². The molecule has 0 aliphatic carbocycles. The van der Waals surface area contributed by atoms with Crippen molar-refractivity contribution in [1.29, 1.82) is 0 Å². The molecule has 0 N–H and O–H groups in total. The van der Waals surface area contributed by atoms with Crippen molar-refractivity contribution >= 4 is 17.2 Å². The number of para-hydroxylation sites is 1. The number of pyridine rings is 1. The molecule has 208 valence electrons. The summed E-state index contributed by atoms with van der Waals surface area (Å²) in [5.74, 6) is 0.00819. The molecular weight excluding hydrogens is 515 g/mol. The molecule has 6 nitrogen and oxygen atoms in total. The van der Waals surface area contributed by atoms with Crippen LogP contribution in [0.25, 0.3) is 5.65 Å². The van der Waals surface area contributed by atoms with Gasteiger partial charge in [0, 0.05) is 56.6 Å². The predicted molar refractivity (Wildman–Crippen MR) is 159 cm³/mol. The molecule has 3 heterocycles. The summed E-state index contributed by atoms with van der Waals surface area (Å²) in [4.78, 5) is 22.6. The number of aryl methyl sites for hydroxylation is 1. The SMILES string of the molecule is Cc1ccccc1N1CCN(C(=O)C[C@H](c2cccc(F)c2)c2cnc3c(OCc4ccccc4)cccn23)CC1. The monoisotopic (exact) mass is 548 g/mol. The maximum Gasteiger partial charge on any atom is 0.223 e. The Morgan fingerprint density at radius 3 is 2.49 bits per heavy atom. The lowest BCUT2D eigenvalue weighted by atomic mass is 9.92. The zero-order valence-corrected chi connectivity index (χ0v) is 23.1. The minimum Gasteiger partial charge on any atom is -0.485 e. The third-order valence-electron chi connectivity index (χ3n) is 7.84. The van der Waals surface area contributed by atoms with Crippen molar-refractivity contribution in [3.63, 3.8) is 0 Å². The van der Waals surface area contributed by atoms with Gasteiger partial charge in [-0.25, -0.2) is 9.37 Å². The molecule has 0 spiro atoms.